The van der Waals surface area contributed by atoms with Gasteiger partial charge in [0.05, 0.1) is 18.6 Å². The molecule has 0 saturated heterocycles. The molecule has 0 bridgehead atoms. The third-order valence-electron chi connectivity index (χ3n) is 3.16. The van der Waals surface area contributed by atoms with Crippen LogP contribution in [0, 0.1) is 6.92 Å². The van der Waals surface area contributed by atoms with Crippen molar-refractivity contribution in [3.63, 3.8) is 0 Å². The van der Waals surface area contributed by atoms with Gasteiger partial charge in [-0.25, -0.2) is 0 Å². The predicted octanol–water partition coefficient (Wildman–Crippen LogP) is 2.97. The molecular weight excluding hydrogens is 316 g/mol. The van der Waals surface area contributed by atoms with Crippen LogP contribution in [0.4, 0.5) is 0 Å². The standard InChI is InChI=1S/C16H16N2O4S/c1-12-5-2-3-6-13(12)21-9-10-23(19)11-15-17-16(18-22-15)14-7-4-8-20-14/h2-8H,9-11H2,1H3/t23-/m0/s1. The van der Waals surface area contributed by atoms with E-state index in [0.717, 1.165) is 11.3 Å². The van der Waals surface area contributed by atoms with Crippen molar-refractivity contribution >= 4 is 10.8 Å². The minimum atomic E-state index is -1.14. The quantitative estimate of drug-likeness (QED) is 0.662. The summed E-state index contributed by atoms with van der Waals surface area (Å²) >= 11 is 0. The number of nitrogens with zero attached hydrogens (tertiary/aromatic N) is 2. The highest BCUT2D eigenvalue weighted by atomic mass is 32.2. The Morgan fingerprint density at radius 3 is 2.87 bits per heavy atom. The smallest absolute Gasteiger partial charge is 0.239 e. The van der Waals surface area contributed by atoms with Crippen molar-refractivity contribution in [3.8, 4) is 17.3 Å². The Bertz CT molecular complexity index is 783. The van der Waals surface area contributed by atoms with E-state index >= 15 is 0 Å². The maximum Gasteiger partial charge on any atom is 0.239 e. The minimum Gasteiger partial charge on any atom is -0.492 e. The molecule has 3 rings (SSSR count). The highest BCUT2D eigenvalue weighted by Crippen LogP contribution is 2.17. The van der Waals surface area contributed by atoms with Crippen molar-refractivity contribution in [2.45, 2.75) is 12.7 Å². The van der Waals surface area contributed by atoms with Crippen LogP contribution >= 0.6 is 0 Å². The average Bonchev–Trinajstić information content (AvgIpc) is 3.20. The molecule has 120 valence electrons. The summed E-state index contributed by atoms with van der Waals surface area (Å²) in [5.74, 6) is 2.61. The Labute approximate surface area is 135 Å². The molecule has 2 aromatic heterocycles. The van der Waals surface area contributed by atoms with Gasteiger partial charge in [-0.2, -0.15) is 4.98 Å². The topological polar surface area (TPSA) is 78.4 Å². The van der Waals surface area contributed by atoms with Crippen molar-refractivity contribution in [3.05, 3.63) is 54.1 Å². The number of ether oxygens (including phenoxy) is 1. The number of aromatic nitrogens is 2. The molecule has 7 heteroatoms. The minimum absolute atomic E-state index is 0.199. The first-order valence-electron chi connectivity index (χ1n) is 7.12. The molecule has 0 N–H and O–H groups in total. The van der Waals surface area contributed by atoms with Crippen LogP contribution in [-0.2, 0) is 16.6 Å². The van der Waals surface area contributed by atoms with E-state index in [1.807, 2.05) is 31.2 Å². The molecule has 23 heavy (non-hydrogen) atoms. The van der Waals surface area contributed by atoms with Gasteiger partial charge in [-0.1, -0.05) is 23.4 Å². The monoisotopic (exact) mass is 332 g/mol. The Morgan fingerprint density at radius 2 is 2.09 bits per heavy atom. The number of hydrogen-bond acceptors (Lipinski definition) is 6. The molecule has 0 aliphatic rings. The van der Waals surface area contributed by atoms with Crippen LogP contribution in [0.2, 0.25) is 0 Å². The summed E-state index contributed by atoms with van der Waals surface area (Å²) in [4.78, 5) is 4.17. The zero-order valence-corrected chi connectivity index (χ0v) is 13.4. The van der Waals surface area contributed by atoms with Gasteiger partial charge in [-0.3, -0.25) is 4.21 Å². The van der Waals surface area contributed by atoms with Crippen molar-refractivity contribution in [2.75, 3.05) is 12.4 Å². The first kappa shape index (κ1) is 15.5. The average molecular weight is 332 g/mol. The van der Waals surface area contributed by atoms with Crippen LogP contribution in [0.25, 0.3) is 11.6 Å². The van der Waals surface area contributed by atoms with Gasteiger partial charge in [0, 0.05) is 10.8 Å². The summed E-state index contributed by atoms with van der Waals surface area (Å²) in [6, 6.07) is 11.2. The van der Waals surface area contributed by atoms with E-state index in [1.54, 1.807) is 12.1 Å². The Balaban J connectivity index is 1.49. The van der Waals surface area contributed by atoms with Crippen molar-refractivity contribution in [1.82, 2.24) is 10.1 Å². The second-order valence-corrected chi connectivity index (χ2v) is 6.47. The van der Waals surface area contributed by atoms with E-state index in [9.17, 15) is 4.21 Å². The predicted molar refractivity (Wildman–Crippen MR) is 85.4 cm³/mol. The molecular formula is C16H16N2O4S. The Morgan fingerprint density at radius 1 is 1.22 bits per heavy atom. The Hall–Kier alpha value is -2.41. The number of hydrogen-bond donors (Lipinski definition) is 0. The van der Waals surface area contributed by atoms with Gasteiger partial charge >= 0.3 is 0 Å². The fourth-order valence-corrected chi connectivity index (χ4v) is 2.80. The van der Waals surface area contributed by atoms with Crippen LogP contribution in [0.1, 0.15) is 11.5 Å². The summed E-state index contributed by atoms with van der Waals surface area (Å²) < 4.78 is 28.0. The van der Waals surface area contributed by atoms with Crippen molar-refractivity contribution in [1.29, 1.82) is 0 Å². The summed E-state index contributed by atoms with van der Waals surface area (Å²) in [6.45, 7) is 2.34. The van der Waals surface area contributed by atoms with Crippen LogP contribution in [0.15, 0.2) is 51.6 Å². The normalized spacial score (nSPS) is 12.2. The number of aryl methyl sites for hydroxylation is 1. The number of furan rings is 1. The number of benzene rings is 1. The van der Waals surface area contributed by atoms with Crippen molar-refractivity contribution in [2.24, 2.45) is 0 Å². The second kappa shape index (κ2) is 7.23. The van der Waals surface area contributed by atoms with Gasteiger partial charge < -0.3 is 13.7 Å². The zero-order valence-electron chi connectivity index (χ0n) is 12.6. The van der Waals surface area contributed by atoms with E-state index in [0.29, 0.717) is 29.8 Å². The fourth-order valence-electron chi connectivity index (χ4n) is 1.99. The summed E-state index contributed by atoms with van der Waals surface area (Å²) in [6.07, 6.45) is 1.53. The summed E-state index contributed by atoms with van der Waals surface area (Å²) in [5, 5.41) is 3.81. The molecule has 0 fully saturated rings. The van der Waals surface area contributed by atoms with E-state index in [1.165, 1.54) is 6.26 Å². The van der Waals surface area contributed by atoms with Gasteiger partial charge in [0.2, 0.25) is 11.7 Å². The van der Waals surface area contributed by atoms with E-state index in [4.69, 9.17) is 13.7 Å². The van der Waals surface area contributed by atoms with Crippen LogP contribution in [0.5, 0.6) is 5.75 Å². The highest BCUT2D eigenvalue weighted by Gasteiger charge is 2.13. The molecule has 0 aliphatic heterocycles. The fraction of sp³-hybridized carbons (Fsp3) is 0.250. The first-order valence-corrected chi connectivity index (χ1v) is 8.61. The lowest BCUT2D eigenvalue weighted by Gasteiger charge is -2.07. The maximum absolute atomic E-state index is 12.1. The SMILES string of the molecule is Cc1ccccc1OCC[S@](=O)Cc1nc(-c2ccco2)no1. The van der Waals surface area contributed by atoms with Gasteiger partial charge in [0.15, 0.2) is 5.76 Å². The van der Waals surface area contributed by atoms with Crippen molar-refractivity contribution < 1.29 is 17.9 Å². The van der Waals surface area contributed by atoms with Gasteiger partial charge in [-0.15, -0.1) is 0 Å². The molecule has 0 spiro atoms. The van der Waals surface area contributed by atoms with Gasteiger partial charge in [0.25, 0.3) is 0 Å². The number of rotatable bonds is 7. The molecule has 2 heterocycles. The first-order chi connectivity index (χ1) is 11.2. The lowest BCUT2D eigenvalue weighted by Crippen LogP contribution is -2.10. The third kappa shape index (κ3) is 4.07. The molecule has 0 amide bonds. The molecule has 3 aromatic rings. The summed E-state index contributed by atoms with van der Waals surface area (Å²) in [7, 11) is -1.14. The van der Waals surface area contributed by atoms with Crippen LogP contribution in [0.3, 0.4) is 0 Å². The van der Waals surface area contributed by atoms with E-state index < -0.39 is 10.8 Å². The molecule has 0 saturated carbocycles. The van der Waals surface area contributed by atoms with Crippen LogP contribution in [-0.4, -0.2) is 26.7 Å². The molecule has 1 atom stereocenters. The number of para-hydroxylation sites is 1. The highest BCUT2D eigenvalue weighted by molar-refractivity contribution is 7.84. The molecule has 0 aliphatic carbocycles. The van der Waals surface area contributed by atoms with Gasteiger partial charge in [-0.05, 0) is 30.7 Å². The maximum atomic E-state index is 12.1. The van der Waals surface area contributed by atoms with E-state index in [2.05, 4.69) is 10.1 Å². The second-order valence-electron chi connectivity index (χ2n) is 4.89. The molecule has 0 unspecified atom stereocenters. The Kier molecular flexibility index (Phi) is 4.87. The third-order valence-corrected chi connectivity index (χ3v) is 4.35. The largest absolute Gasteiger partial charge is 0.492 e. The molecule has 6 nitrogen and oxygen atoms in total. The summed E-state index contributed by atoms with van der Waals surface area (Å²) in [5.41, 5.74) is 1.05. The molecule has 0 radical (unpaired) electrons. The lowest BCUT2D eigenvalue weighted by atomic mass is 10.2. The van der Waals surface area contributed by atoms with Gasteiger partial charge in [0.1, 0.15) is 11.5 Å². The zero-order chi connectivity index (χ0) is 16.1. The van der Waals surface area contributed by atoms with E-state index in [-0.39, 0.29) is 5.75 Å². The molecule has 1 aromatic carbocycles. The lowest BCUT2D eigenvalue weighted by molar-refractivity contribution is 0.340. The van der Waals surface area contributed by atoms with Crippen LogP contribution < -0.4 is 4.74 Å².